The molecule has 0 bridgehead atoms. The van der Waals surface area contributed by atoms with Gasteiger partial charge in [0.1, 0.15) is 5.60 Å². The summed E-state index contributed by atoms with van der Waals surface area (Å²) < 4.78 is 5.72. The fraction of sp³-hybridized carbons (Fsp3) is 0.700. The second-order valence-corrected chi connectivity index (χ2v) is 7.46. The molecule has 1 aromatic carbocycles. The topological polar surface area (TPSA) is 134 Å². The molecule has 1 saturated carbocycles. The Balaban J connectivity index is 2.35. The summed E-state index contributed by atoms with van der Waals surface area (Å²) >= 11 is 0. The van der Waals surface area contributed by atoms with Crippen molar-refractivity contribution in [3.05, 3.63) is 5.56 Å². The molecule has 1 atom stereocenters. The highest BCUT2D eigenvalue weighted by Gasteiger charge is 2.45. The Bertz CT molecular complexity index is 627. The molecular formula is C20H33NO7. The molecule has 8 heteroatoms. The van der Waals surface area contributed by atoms with E-state index in [4.69, 9.17) is 4.74 Å². The summed E-state index contributed by atoms with van der Waals surface area (Å²) in [5.41, 5.74) is -2.23. The number of hydrogen-bond donors (Lipinski definition) is 6. The van der Waals surface area contributed by atoms with E-state index in [2.05, 4.69) is 4.90 Å². The van der Waals surface area contributed by atoms with Crippen LogP contribution in [0.15, 0.2) is 0 Å². The molecule has 160 valence electrons. The summed E-state index contributed by atoms with van der Waals surface area (Å²) in [5, 5.41) is 61.8. The molecule has 0 aromatic heterocycles. The molecule has 0 aliphatic heterocycles. The van der Waals surface area contributed by atoms with E-state index in [1.54, 1.807) is 0 Å². The number of aromatic hydroxyl groups is 5. The lowest BCUT2D eigenvalue weighted by atomic mass is 9.73. The number of benzene rings is 1. The number of ether oxygens (including phenoxy) is 1. The quantitative estimate of drug-likeness (QED) is 0.212. The molecule has 0 heterocycles. The van der Waals surface area contributed by atoms with Crippen molar-refractivity contribution in [2.75, 3.05) is 32.8 Å². The number of nitrogens with zero attached hydrogens (tertiary/aromatic N) is 1. The van der Waals surface area contributed by atoms with Crippen LogP contribution in [0.2, 0.25) is 0 Å². The summed E-state index contributed by atoms with van der Waals surface area (Å²) in [6.45, 7) is 6.61. The van der Waals surface area contributed by atoms with E-state index < -0.39 is 39.9 Å². The van der Waals surface area contributed by atoms with Crippen molar-refractivity contribution < 1.29 is 35.4 Å². The molecule has 6 N–H and O–H groups in total. The molecule has 1 aliphatic rings. The van der Waals surface area contributed by atoms with Crippen LogP contribution in [0.5, 0.6) is 28.7 Å². The number of likely N-dealkylation sites (N-methyl/N-ethyl adjacent to an activating group) is 1. The van der Waals surface area contributed by atoms with Gasteiger partial charge >= 0.3 is 0 Å². The fourth-order valence-electron chi connectivity index (χ4n) is 4.03. The van der Waals surface area contributed by atoms with Gasteiger partial charge in [-0.1, -0.05) is 33.1 Å². The first-order chi connectivity index (χ1) is 13.3. The number of rotatable bonds is 9. The molecule has 2 rings (SSSR count). The van der Waals surface area contributed by atoms with Crippen LogP contribution < -0.4 is 0 Å². The maximum Gasteiger partial charge on any atom is 0.208 e. The zero-order valence-electron chi connectivity index (χ0n) is 16.7. The number of hydrogen-bond acceptors (Lipinski definition) is 8. The lowest BCUT2D eigenvalue weighted by Crippen LogP contribution is -2.41. The van der Waals surface area contributed by atoms with E-state index in [-0.39, 0.29) is 12.5 Å². The fourth-order valence-corrected chi connectivity index (χ4v) is 4.03. The monoisotopic (exact) mass is 399 g/mol. The highest BCUT2D eigenvalue weighted by Crippen LogP contribution is 2.56. The summed E-state index contributed by atoms with van der Waals surface area (Å²) in [6.07, 6.45) is 4.09. The van der Waals surface area contributed by atoms with Crippen LogP contribution in [0.4, 0.5) is 0 Å². The zero-order valence-corrected chi connectivity index (χ0v) is 16.7. The second kappa shape index (κ2) is 9.54. The molecular weight excluding hydrogens is 366 g/mol. The molecule has 0 amide bonds. The Hall–Kier alpha value is -1.90. The summed E-state index contributed by atoms with van der Waals surface area (Å²) in [4.78, 5) is 2.16. The highest BCUT2D eigenvalue weighted by atomic mass is 16.5. The molecule has 0 radical (unpaired) electrons. The predicted molar refractivity (Wildman–Crippen MR) is 104 cm³/mol. The van der Waals surface area contributed by atoms with Gasteiger partial charge in [0.05, 0.1) is 18.8 Å². The van der Waals surface area contributed by atoms with Gasteiger partial charge < -0.3 is 40.3 Å². The van der Waals surface area contributed by atoms with Crippen molar-refractivity contribution in [1.29, 1.82) is 0 Å². The number of aliphatic hydroxyl groups is 1. The first kappa shape index (κ1) is 22.4. The van der Waals surface area contributed by atoms with Crippen LogP contribution in [-0.2, 0) is 10.3 Å². The van der Waals surface area contributed by atoms with Crippen LogP contribution in [0.3, 0.4) is 0 Å². The first-order valence-corrected chi connectivity index (χ1v) is 9.99. The van der Waals surface area contributed by atoms with Crippen LogP contribution in [-0.4, -0.2) is 68.4 Å². The summed E-state index contributed by atoms with van der Waals surface area (Å²) in [6, 6.07) is 0. The van der Waals surface area contributed by atoms with Crippen LogP contribution in [0.1, 0.15) is 51.5 Å². The van der Waals surface area contributed by atoms with Crippen LogP contribution in [0, 0.1) is 5.92 Å². The third-order valence-electron chi connectivity index (χ3n) is 5.85. The summed E-state index contributed by atoms with van der Waals surface area (Å²) in [5.74, 6) is -5.05. The molecule has 1 aromatic rings. The van der Waals surface area contributed by atoms with E-state index >= 15 is 0 Å². The van der Waals surface area contributed by atoms with Crippen molar-refractivity contribution in [3.63, 3.8) is 0 Å². The van der Waals surface area contributed by atoms with Crippen molar-refractivity contribution in [2.24, 2.45) is 5.92 Å². The van der Waals surface area contributed by atoms with Gasteiger partial charge in [-0.2, -0.15) is 0 Å². The van der Waals surface area contributed by atoms with Gasteiger partial charge in [0.25, 0.3) is 0 Å². The minimum absolute atomic E-state index is 0.219. The minimum Gasteiger partial charge on any atom is -0.504 e. The first-order valence-electron chi connectivity index (χ1n) is 9.99. The van der Waals surface area contributed by atoms with E-state index in [1.807, 2.05) is 13.8 Å². The smallest absolute Gasteiger partial charge is 0.208 e. The SMILES string of the molecule is CCN(CC)CCOCC(O)(c1c(O)c(O)c(O)c(O)c1O)C1CCCCC1. The predicted octanol–water partition coefficient (Wildman–Crippen LogP) is 2.34. The Labute approximate surface area is 165 Å². The van der Waals surface area contributed by atoms with Gasteiger partial charge in [-0.25, -0.2) is 0 Å². The van der Waals surface area contributed by atoms with E-state index in [0.29, 0.717) is 26.0 Å². The Kier molecular flexibility index (Phi) is 7.63. The maximum atomic E-state index is 11.5. The Morgan fingerprint density at radius 3 is 1.86 bits per heavy atom. The van der Waals surface area contributed by atoms with E-state index in [9.17, 15) is 30.6 Å². The van der Waals surface area contributed by atoms with Gasteiger partial charge in [0.2, 0.25) is 17.2 Å². The average molecular weight is 399 g/mol. The second-order valence-electron chi connectivity index (χ2n) is 7.46. The van der Waals surface area contributed by atoms with Gasteiger partial charge in [-0.15, -0.1) is 0 Å². The Morgan fingerprint density at radius 1 is 0.857 bits per heavy atom. The molecule has 1 aliphatic carbocycles. The van der Waals surface area contributed by atoms with Gasteiger partial charge in [-0.05, 0) is 31.8 Å². The van der Waals surface area contributed by atoms with Crippen molar-refractivity contribution in [3.8, 4) is 28.7 Å². The standard InChI is InChI=1S/C20H33NO7/c1-3-21(4-2)10-11-28-12-20(27,13-8-6-5-7-9-13)14-15(22)17(24)19(26)18(25)16(14)23/h13,22-27H,3-12H2,1-2H3. The molecule has 8 nitrogen and oxygen atoms in total. The molecule has 1 fully saturated rings. The van der Waals surface area contributed by atoms with Crippen LogP contribution >= 0.6 is 0 Å². The van der Waals surface area contributed by atoms with Crippen LogP contribution in [0.25, 0.3) is 0 Å². The van der Waals surface area contributed by atoms with Crippen molar-refractivity contribution >= 4 is 0 Å². The highest BCUT2D eigenvalue weighted by molar-refractivity contribution is 5.69. The normalized spacial score (nSPS) is 17.7. The molecule has 1 unspecified atom stereocenters. The third-order valence-corrected chi connectivity index (χ3v) is 5.85. The van der Waals surface area contributed by atoms with E-state index in [0.717, 1.165) is 32.4 Å². The third kappa shape index (κ3) is 4.39. The van der Waals surface area contributed by atoms with Crippen molar-refractivity contribution in [1.82, 2.24) is 4.90 Å². The number of phenols is 5. The Morgan fingerprint density at radius 2 is 1.36 bits per heavy atom. The minimum atomic E-state index is -1.82. The lowest BCUT2D eigenvalue weighted by Gasteiger charge is -2.39. The molecule has 0 spiro atoms. The lowest BCUT2D eigenvalue weighted by molar-refractivity contribution is -0.104. The zero-order chi connectivity index (χ0) is 20.9. The van der Waals surface area contributed by atoms with Gasteiger partial charge in [-0.3, -0.25) is 0 Å². The maximum absolute atomic E-state index is 11.5. The average Bonchev–Trinajstić information content (AvgIpc) is 2.71. The van der Waals surface area contributed by atoms with Gasteiger partial charge in [0.15, 0.2) is 11.5 Å². The van der Waals surface area contributed by atoms with Crippen molar-refractivity contribution in [2.45, 2.75) is 51.6 Å². The summed E-state index contributed by atoms with van der Waals surface area (Å²) in [7, 11) is 0. The molecule has 0 saturated heterocycles. The van der Waals surface area contributed by atoms with E-state index in [1.165, 1.54) is 0 Å². The number of phenolic OH excluding ortho intramolecular Hbond substituents is 5. The molecule has 28 heavy (non-hydrogen) atoms. The largest absolute Gasteiger partial charge is 0.504 e. The van der Waals surface area contributed by atoms with Gasteiger partial charge in [0, 0.05) is 6.54 Å².